The van der Waals surface area contributed by atoms with Gasteiger partial charge in [-0.2, -0.15) is 0 Å². The number of ether oxygens (including phenoxy) is 1. The highest BCUT2D eigenvalue weighted by atomic mass is 32.1. The van der Waals surface area contributed by atoms with Crippen LogP contribution in [-0.4, -0.2) is 23.9 Å². The summed E-state index contributed by atoms with van der Waals surface area (Å²) in [7, 11) is 0. The molecule has 1 aliphatic rings. The smallest absolute Gasteiger partial charge is 0.0842 e. The molecule has 90 valence electrons. The van der Waals surface area contributed by atoms with Gasteiger partial charge in [0, 0.05) is 17.7 Å². The summed E-state index contributed by atoms with van der Waals surface area (Å²) in [5, 5.41) is 13.6. The standard InChI is InChI=1S/C14H16O2S/c15-12(13-5-3-7-16-13)8-10-9-17-14-6-2-1-4-11(10)14/h1-2,4,6,9,12-13,15H,3,5,7-8H2. The van der Waals surface area contributed by atoms with Crippen LogP contribution in [0.25, 0.3) is 10.1 Å². The summed E-state index contributed by atoms with van der Waals surface area (Å²) in [6.07, 6.45) is 2.44. The van der Waals surface area contributed by atoms with E-state index < -0.39 is 0 Å². The second-order valence-electron chi connectivity index (χ2n) is 4.58. The lowest BCUT2D eigenvalue weighted by Gasteiger charge is -2.16. The van der Waals surface area contributed by atoms with Crippen molar-refractivity contribution in [3.8, 4) is 0 Å². The van der Waals surface area contributed by atoms with Crippen LogP contribution in [0.4, 0.5) is 0 Å². The average molecular weight is 248 g/mol. The molecular formula is C14H16O2S. The van der Waals surface area contributed by atoms with Crippen molar-refractivity contribution < 1.29 is 9.84 Å². The van der Waals surface area contributed by atoms with Crippen molar-refractivity contribution in [2.24, 2.45) is 0 Å². The first kappa shape index (κ1) is 11.2. The first-order valence-corrected chi connectivity index (χ1v) is 6.97. The van der Waals surface area contributed by atoms with Gasteiger partial charge in [0.25, 0.3) is 0 Å². The average Bonchev–Trinajstić information content (AvgIpc) is 2.98. The SMILES string of the molecule is OC(Cc1csc2ccccc12)C1CCCO1. The summed E-state index contributed by atoms with van der Waals surface area (Å²) in [6.45, 7) is 0.798. The molecule has 0 spiro atoms. The minimum absolute atomic E-state index is 0.0358. The van der Waals surface area contributed by atoms with Gasteiger partial charge in [-0.3, -0.25) is 0 Å². The second-order valence-corrected chi connectivity index (χ2v) is 5.49. The molecule has 2 heterocycles. The lowest BCUT2D eigenvalue weighted by molar-refractivity contribution is -0.000587. The minimum atomic E-state index is -0.365. The first-order valence-electron chi connectivity index (χ1n) is 6.09. The number of aliphatic hydroxyl groups excluding tert-OH is 1. The van der Waals surface area contributed by atoms with E-state index in [9.17, 15) is 5.11 Å². The van der Waals surface area contributed by atoms with Crippen molar-refractivity contribution in [2.45, 2.75) is 31.5 Å². The van der Waals surface area contributed by atoms with Crippen molar-refractivity contribution in [3.05, 3.63) is 35.2 Å². The number of aliphatic hydroxyl groups is 1. The second kappa shape index (κ2) is 4.77. The van der Waals surface area contributed by atoms with E-state index in [2.05, 4.69) is 29.6 Å². The molecule has 1 aromatic heterocycles. The molecule has 2 unspecified atom stereocenters. The monoisotopic (exact) mass is 248 g/mol. The zero-order valence-corrected chi connectivity index (χ0v) is 10.5. The van der Waals surface area contributed by atoms with Gasteiger partial charge in [-0.1, -0.05) is 18.2 Å². The van der Waals surface area contributed by atoms with E-state index in [1.807, 2.05) is 0 Å². The largest absolute Gasteiger partial charge is 0.390 e. The fourth-order valence-electron chi connectivity index (χ4n) is 2.45. The van der Waals surface area contributed by atoms with Crippen LogP contribution in [0.1, 0.15) is 18.4 Å². The molecular weight excluding hydrogens is 232 g/mol. The number of rotatable bonds is 3. The highest BCUT2D eigenvalue weighted by Gasteiger charge is 2.24. The normalized spacial score (nSPS) is 22.1. The third-order valence-corrected chi connectivity index (χ3v) is 4.40. The van der Waals surface area contributed by atoms with Gasteiger partial charge < -0.3 is 9.84 Å². The molecule has 3 heteroatoms. The highest BCUT2D eigenvalue weighted by Crippen LogP contribution is 2.28. The molecule has 1 saturated heterocycles. The van der Waals surface area contributed by atoms with Gasteiger partial charge in [0.05, 0.1) is 12.2 Å². The number of hydrogen-bond acceptors (Lipinski definition) is 3. The van der Waals surface area contributed by atoms with E-state index in [1.54, 1.807) is 11.3 Å². The molecule has 1 N–H and O–H groups in total. The molecule has 0 bridgehead atoms. The number of fused-ring (bicyclic) bond motifs is 1. The molecule has 1 aliphatic heterocycles. The molecule has 3 rings (SSSR count). The van der Waals surface area contributed by atoms with Crippen LogP contribution in [0, 0.1) is 0 Å². The van der Waals surface area contributed by atoms with Crippen LogP contribution in [0.5, 0.6) is 0 Å². The lowest BCUT2D eigenvalue weighted by Crippen LogP contribution is -2.27. The zero-order valence-electron chi connectivity index (χ0n) is 9.63. The van der Waals surface area contributed by atoms with Crippen LogP contribution < -0.4 is 0 Å². The Balaban J connectivity index is 1.80. The first-order chi connectivity index (χ1) is 8.34. The van der Waals surface area contributed by atoms with Gasteiger partial charge in [-0.25, -0.2) is 0 Å². The summed E-state index contributed by atoms with van der Waals surface area (Å²) < 4.78 is 6.82. The Morgan fingerprint density at radius 1 is 1.41 bits per heavy atom. The Morgan fingerprint density at radius 2 is 2.29 bits per heavy atom. The van der Waals surface area contributed by atoms with E-state index in [4.69, 9.17) is 4.74 Å². The maximum atomic E-state index is 10.2. The molecule has 0 radical (unpaired) electrons. The van der Waals surface area contributed by atoms with Gasteiger partial charge in [0.2, 0.25) is 0 Å². The Kier molecular flexibility index (Phi) is 3.14. The van der Waals surface area contributed by atoms with Crippen molar-refractivity contribution in [1.82, 2.24) is 0 Å². The molecule has 0 amide bonds. The fraction of sp³-hybridized carbons (Fsp3) is 0.429. The Hall–Kier alpha value is -0.900. The van der Waals surface area contributed by atoms with E-state index in [-0.39, 0.29) is 12.2 Å². The van der Waals surface area contributed by atoms with Gasteiger partial charge in [-0.05, 0) is 35.2 Å². The molecule has 2 aromatic rings. The highest BCUT2D eigenvalue weighted by molar-refractivity contribution is 7.17. The Morgan fingerprint density at radius 3 is 3.12 bits per heavy atom. The van der Waals surface area contributed by atoms with Crippen LogP contribution in [-0.2, 0) is 11.2 Å². The molecule has 2 atom stereocenters. The maximum absolute atomic E-state index is 10.2. The van der Waals surface area contributed by atoms with E-state index in [0.29, 0.717) is 6.42 Å². The van der Waals surface area contributed by atoms with Crippen molar-refractivity contribution in [1.29, 1.82) is 0 Å². The van der Waals surface area contributed by atoms with Gasteiger partial charge in [0.15, 0.2) is 0 Å². The Labute approximate surface area is 105 Å². The predicted octanol–water partition coefficient (Wildman–Crippen LogP) is 2.98. The van der Waals surface area contributed by atoms with Crippen LogP contribution in [0.2, 0.25) is 0 Å². The lowest BCUT2D eigenvalue weighted by atomic mass is 10.0. The topological polar surface area (TPSA) is 29.5 Å². The van der Waals surface area contributed by atoms with Crippen molar-refractivity contribution >= 4 is 21.4 Å². The van der Waals surface area contributed by atoms with Crippen molar-refractivity contribution in [3.63, 3.8) is 0 Å². The molecule has 0 saturated carbocycles. The van der Waals surface area contributed by atoms with Gasteiger partial charge in [-0.15, -0.1) is 11.3 Å². The van der Waals surface area contributed by atoms with E-state index in [0.717, 1.165) is 19.4 Å². The molecule has 1 fully saturated rings. The molecule has 0 aliphatic carbocycles. The third kappa shape index (κ3) is 2.23. The molecule has 1 aromatic carbocycles. The Bertz CT molecular complexity index is 500. The van der Waals surface area contributed by atoms with Crippen LogP contribution in [0.3, 0.4) is 0 Å². The summed E-state index contributed by atoms with van der Waals surface area (Å²) in [4.78, 5) is 0. The van der Waals surface area contributed by atoms with Crippen molar-refractivity contribution in [2.75, 3.05) is 6.61 Å². The summed E-state index contributed by atoms with van der Waals surface area (Å²) in [5.74, 6) is 0. The quantitative estimate of drug-likeness (QED) is 0.905. The minimum Gasteiger partial charge on any atom is -0.390 e. The van der Waals surface area contributed by atoms with E-state index in [1.165, 1.54) is 15.6 Å². The number of thiophene rings is 1. The molecule has 17 heavy (non-hydrogen) atoms. The van der Waals surface area contributed by atoms with Gasteiger partial charge >= 0.3 is 0 Å². The van der Waals surface area contributed by atoms with Crippen LogP contribution >= 0.6 is 11.3 Å². The maximum Gasteiger partial charge on any atom is 0.0842 e. The fourth-order valence-corrected chi connectivity index (χ4v) is 3.43. The number of benzene rings is 1. The number of hydrogen-bond donors (Lipinski definition) is 1. The molecule has 2 nitrogen and oxygen atoms in total. The summed E-state index contributed by atoms with van der Waals surface area (Å²) >= 11 is 1.75. The predicted molar refractivity (Wildman–Crippen MR) is 70.5 cm³/mol. The summed E-state index contributed by atoms with van der Waals surface area (Å²) in [6, 6.07) is 8.36. The third-order valence-electron chi connectivity index (χ3n) is 3.38. The zero-order chi connectivity index (χ0) is 11.7. The summed E-state index contributed by atoms with van der Waals surface area (Å²) in [5.41, 5.74) is 1.24. The van der Waals surface area contributed by atoms with Crippen LogP contribution in [0.15, 0.2) is 29.6 Å². The van der Waals surface area contributed by atoms with E-state index >= 15 is 0 Å². The van der Waals surface area contributed by atoms with Gasteiger partial charge in [0.1, 0.15) is 0 Å².